The van der Waals surface area contributed by atoms with E-state index in [9.17, 15) is 10.1 Å². The molecular formula is C19H25N4OP. The number of Topliss-reactive ketones (excluding diaryl/α,β-unsaturated/α-hetero) is 1. The zero-order chi connectivity index (χ0) is 18.4. The monoisotopic (exact) mass is 356 g/mol. The van der Waals surface area contributed by atoms with E-state index in [1.54, 1.807) is 13.1 Å². The van der Waals surface area contributed by atoms with Crippen molar-refractivity contribution in [2.75, 3.05) is 6.54 Å². The average Bonchev–Trinajstić information content (AvgIpc) is 2.57. The van der Waals surface area contributed by atoms with E-state index in [0.29, 0.717) is 18.8 Å². The fraction of sp³-hybridized carbons (Fsp3) is 0.579. The molecule has 1 N–H and O–H groups in total. The summed E-state index contributed by atoms with van der Waals surface area (Å²) < 4.78 is 0. The number of piperidine rings is 1. The number of hydrogen-bond acceptors (Lipinski definition) is 4. The Labute approximate surface area is 151 Å². The number of rotatable bonds is 2. The van der Waals surface area contributed by atoms with Crippen LogP contribution in [0.25, 0.3) is 0 Å². The van der Waals surface area contributed by atoms with Crippen LogP contribution in [0.1, 0.15) is 37.9 Å². The SMILES string of the molecule is Cc1cc(CN2CC[C@@H]3[C@@H](C)C(=O)C(C)(C#N)C[C@@]3(P)C2=N)ccn1. The molecular weight excluding hydrogens is 331 g/mol. The summed E-state index contributed by atoms with van der Waals surface area (Å²) in [4.78, 5) is 19.0. The van der Waals surface area contributed by atoms with E-state index in [-0.39, 0.29) is 17.6 Å². The number of carbonyl (C=O) groups excluding carboxylic acids is 1. The number of pyridine rings is 1. The number of aryl methyl sites for hydroxylation is 1. The Kier molecular flexibility index (Phi) is 4.45. The number of hydrogen-bond donors (Lipinski definition) is 1. The number of amidine groups is 1. The van der Waals surface area contributed by atoms with Gasteiger partial charge in [-0.1, -0.05) is 6.92 Å². The second-order valence-electron chi connectivity index (χ2n) is 7.78. The lowest BCUT2D eigenvalue weighted by atomic mass is 9.58. The minimum Gasteiger partial charge on any atom is -0.355 e. The molecule has 2 heterocycles. The van der Waals surface area contributed by atoms with E-state index < -0.39 is 10.6 Å². The molecule has 5 atom stereocenters. The summed E-state index contributed by atoms with van der Waals surface area (Å²) in [5.41, 5.74) is 1.08. The minimum absolute atomic E-state index is 0.0316. The van der Waals surface area contributed by atoms with Gasteiger partial charge >= 0.3 is 0 Å². The molecule has 2 unspecified atom stereocenters. The lowest BCUT2D eigenvalue weighted by Crippen LogP contribution is -2.62. The molecule has 2 fully saturated rings. The molecule has 25 heavy (non-hydrogen) atoms. The van der Waals surface area contributed by atoms with E-state index in [4.69, 9.17) is 5.41 Å². The van der Waals surface area contributed by atoms with Gasteiger partial charge in [-0.25, -0.2) is 0 Å². The number of aromatic nitrogens is 1. The molecule has 1 aliphatic heterocycles. The van der Waals surface area contributed by atoms with Crippen LogP contribution >= 0.6 is 9.24 Å². The van der Waals surface area contributed by atoms with Gasteiger partial charge in [-0.3, -0.25) is 15.2 Å². The van der Waals surface area contributed by atoms with Crippen LogP contribution in [-0.2, 0) is 11.3 Å². The fourth-order valence-corrected chi connectivity index (χ4v) is 5.62. The summed E-state index contributed by atoms with van der Waals surface area (Å²) in [7, 11) is 2.84. The van der Waals surface area contributed by atoms with Crippen molar-refractivity contribution in [3.05, 3.63) is 29.6 Å². The van der Waals surface area contributed by atoms with Gasteiger partial charge in [0.25, 0.3) is 0 Å². The summed E-state index contributed by atoms with van der Waals surface area (Å²) in [6.07, 6.45) is 3.07. The predicted molar refractivity (Wildman–Crippen MR) is 100 cm³/mol. The number of nitrogens with one attached hydrogen (secondary N) is 1. The van der Waals surface area contributed by atoms with Gasteiger partial charge in [0.1, 0.15) is 11.3 Å². The third kappa shape index (κ3) is 2.87. The van der Waals surface area contributed by atoms with Crippen molar-refractivity contribution in [3.63, 3.8) is 0 Å². The maximum atomic E-state index is 12.7. The molecule has 1 saturated carbocycles. The Morgan fingerprint density at radius 3 is 2.92 bits per heavy atom. The van der Waals surface area contributed by atoms with Gasteiger partial charge in [-0.05, 0) is 50.3 Å². The van der Waals surface area contributed by atoms with Crippen LogP contribution in [0.4, 0.5) is 0 Å². The first kappa shape index (κ1) is 18.0. The van der Waals surface area contributed by atoms with Crippen molar-refractivity contribution in [3.8, 4) is 6.07 Å². The van der Waals surface area contributed by atoms with Crippen molar-refractivity contribution in [2.45, 2.75) is 45.3 Å². The van der Waals surface area contributed by atoms with Crippen molar-refractivity contribution in [1.29, 1.82) is 10.7 Å². The molecule has 6 heteroatoms. The molecule has 0 bridgehead atoms. The average molecular weight is 356 g/mol. The van der Waals surface area contributed by atoms with Gasteiger partial charge in [0.15, 0.2) is 5.78 Å². The zero-order valence-electron chi connectivity index (χ0n) is 15.0. The maximum absolute atomic E-state index is 12.7. The van der Waals surface area contributed by atoms with E-state index in [2.05, 4.69) is 25.2 Å². The summed E-state index contributed by atoms with van der Waals surface area (Å²) >= 11 is 0. The van der Waals surface area contributed by atoms with Crippen molar-refractivity contribution in [2.24, 2.45) is 17.3 Å². The molecule has 3 rings (SSSR count). The largest absolute Gasteiger partial charge is 0.355 e. The molecule has 0 aromatic carbocycles. The van der Waals surface area contributed by atoms with Crippen LogP contribution < -0.4 is 0 Å². The number of carbonyl (C=O) groups is 1. The topological polar surface area (TPSA) is 80.8 Å². The molecule has 0 radical (unpaired) electrons. The van der Waals surface area contributed by atoms with Crippen LogP contribution in [0.3, 0.4) is 0 Å². The van der Waals surface area contributed by atoms with Gasteiger partial charge < -0.3 is 4.90 Å². The number of nitriles is 1. The Hall–Kier alpha value is -1.79. The number of fused-ring (bicyclic) bond motifs is 1. The maximum Gasteiger partial charge on any atom is 0.155 e. The highest BCUT2D eigenvalue weighted by Crippen LogP contribution is 2.53. The van der Waals surface area contributed by atoms with E-state index in [1.165, 1.54) is 0 Å². The second kappa shape index (κ2) is 6.18. The Bertz CT molecular complexity index is 773. The van der Waals surface area contributed by atoms with Crippen molar-refractivity contribution in [1.82, 2.24) is 9.88 Å². The van der Waals surface area contributed by atoms with Crippen LogP contribution in [0.2, 0.25) is 0 Å². The number of ketones is 1. The lowest BCUT2D eigenvalue weighted by molar-refractivity contribution is -0.135. The Morgan fingerprint density at radius 2 is 2.28 bits per heavy atom. The van der Waals surface area contributed by atoms with E-state index in [1.807, 2.05) is 26.0 Å². The van der Waals surface area contributed by atoms with E-state index in [0.717, 1.165) is 24.2 Å². The first-order valence-electron chi connectivity index (χ1n) is 8.71. The van der Waals surface area contributed by atoms with Gasteiger partial charge in [-0.2, -0.15) is 5.26 Å². The Morgan fingerprint density at radius 1 is 1.56 bits per heavy atom. The molecule has 1 saturated heterocycles. The molecule has 2 aliphatic rings. The molecule has 0 spiro atoms. The second-order valence-corrected chi connectivity index (χ2v) is 8.82. The van der Waals surface area contributed by atoms with Gasteiger partial charge in [-0.15, -0.1) is 9.24 Å². The van der Waals surface area contributed by atoms with Crippen LogP contribution in [0.5, 0.6) is 0 Å². The summed E-state index contributed by atoms with van der Waals surface area (Å²) in [5.74, 6) is 0.476. The highest BCUT2D eigenvalue weighted by atomic mass is 31.0. The van der Waals surface area contributed by atoms with Crippen molar-refractivity contribution >= 4 is 20.9 Å². The predicted octanol–water partition coefficient (Wildman–Crippen LogP) is 2.94. The van der Waals surface area contributed by atoms with Crippen LogP contribution in [0, 0.1) is 40.9 Å². The minimum atomic E-state index is -1.01. The first-order chi connectivity index (χ1) is 11.7. The third-order valence-corrected chi connectivity index (χ3v) is 6.82. The summed E-state index contributed by atoms with van der Waals surface area (Å²) in [6.45, 7) is 7.05. The molecule has 132 valence electrons. The number of likely N-dealkylation sites (tertiary alicyclic amines) is 1. The van der Waals surface area contributed by atoms with Gasteiger partial charge in [0, 0.05) is 36.1 Å². The highest BCUT2D eigenvalue weighted by molar-refractivity contribution is 7.21. The highest BCUT2D eigenvalue weighted by Gasteiger charge is 2.58. The smallest absolute Gasteiger partial charge is 0.155 e. The summed E-state index contributed by atoms with van der Waals surface area (Å²) in [6, 6.07) is 6.25. The molecule has 1 aromatic rings. The lowest BCUT2D eigenvalue weighted by Gasteiger charge is -2.54. The fourth-order valence-electron chi connectivity index (χ4n) is 4.58. The number of nitrogens with zero attached hydrogens (tertiary/aromatic N) is 3. The van der Waals surface area contributed by atoms with Gasteiger partial charge in [0.05, 0.1) is 6.07 Å². The molecule has 1 aliphatic carbocycles. The van der Waals surface area contributed by atoms with Gasteiger partial charge in [0.2, 0.25) is 0 Å². The normalized spacial score (nSPS) is 35.2. The standard InChI is InChI=1S/C19H25N4OP/c1-12-8-14(4-6-22-12)9-23-7-5-15-13(2)16(24)18(3,11-20)10-19(15,25)17(23)21/h4,6,8,13,15,21H,5,7,9-10,25H2,1-3H3/t13-,15-,18?,19+/m1/s1. The first-order valence-corrected chi connectivity index (χ1v) is 9.29. The van der Waals surface area contributed by atoms with Crippen molar-refractivity contribution < 1.29 is 4.79 Å². The molecule has 0 amide bonds. The molecule has 5 nitrogen and oxygen atoms in total. The zero-order valence-corrected chi connectivity index (χ0v) is 16.2. The molecule has 1 aromatic heterocycles. The van der Waals surface area contributed by atoms with E-state index >= 15 is 0 Å². The Balaban J connectivity index is 1.89. The summed E-state index contributed by atoms with van der Waals surface area (Å²) in [5, 5.41) is 17.9. The van der Waals surface area contributed by atoms with Crippen LogP contribution in [-0.4, -0.2) is 33.2 Å². The third-order valence-electron chi connectivity index (χ3n) is 5.92. The van der Waals surface area contributed by atoms with Crippen LogP contribution in [0.15, 0.2) is 18.3 Å². The quantitative estimate of drug-likeness (QED) is 0.826.